The molecule has 5 rings (SSSR count). The third kappa shape index (κ3) is 3.59. The molecule has 3 aliphatic rings. The Balaban J connectivity index is 1.16. The lowest BCUT2D eigenvalue weighted by Crippen LogP contribution is -2.55. The lowest BCUT2D eigenvalue weighted by molar-refractivity contribution is -0.707. The van der Waals surface area contributed by atoms with E-state index in [1.165, 1.54) is 50.8 Å². The minimum absolute atomic E-state index is 0.0346. The first-order valence-electron chi connectivity index (χ1n) is 11.9. The number of rotatable bonds is 9. The normalized spacial score (nSPS) is 22.0. The maximum absolute atomic E-state index is 5.83. The number of nitrogens with zero attached hydrogens (tertiary/aromatic N) is 4. The van der Waals surface area contributed by atoms with Gasteiger partial charge in [0.15, 0.2) is 0 Å². The summed E-state index contributed by atoms with van der Waals surface area (Å²) in [6.45, 7) is 5.43. The fraction of sp³-hybridized carbons (Fsp3) is 0.560. The van der Waals surface area contributed by atoms with Gasteiger partial charge in [0.25, 0.3) is 0 Å². The number of hydrogen-bond donors (Lipinski definition) is 0. The van der Waals surface area contributed by atoms with Crippen LogP contribution in [0.4, 0.5) is 0 Å². The maximum atomic E-state index is 5.83. The molecule has 30 heavy (non-hydrogen) atoms. The van der Waals surface area contributed by atoms with Crippen LogP contribution in [0, 0.1) is 0 Å². The summed E-state index contributed by atoms with van der Waals surface area (Å²) in [5.41, 5.74) is 0.0346. The van der Waals surface area contributed by atoms with E-state index in [1.807, 2.05) is 30.3 Å². The molecule has 3 aliphatic heterocycles. The molecule has 2 aromatic rings. The second kappa shape index (κ2) is 8.75. The number of unbranched alkanes of at least 4 members (excludes halogenated alkanes) is 4. The van der Waals surface area contributed by atoms with E-state index in [-0.39, 0.29) is 5.66 Å². The molecule has 0 atom stereocenters. The summed E-state index contributed by atoms with van der Waals surface area (Å²) in [7, 11) is 0. The van der Waals surface area contributed by atoms with Crippen LogP contribution in [0.25, 0.3) is 0 Å². The van der Waals surface area contributed by atoms with Crippen LogP contribution >= 0.6 is 0 Å². The average molecular weight is 408 g/mol. The Bertz CT molecular complexity index is 822. The average Bonchev–Trinajstić information content (AvgIpc) is 3.24. The van der Waals surface area contributed by atoms with Crippen molar-refractivity contribution in [3.05, 3.63) is 60.9 Å². The highest BCUT2D eigenvalue weighted by molar-refractivity contribution is 5.20. The Morgan fingerprint density at radius 3 is 2.50 bits per heavy atom. The van der Waals surface area contributed by atoms with E-state index in [4.69, 9.17) is 4.74 Å². The van der Waals surface area contributed by atoms with Crippen molar-refractivity contribution in [3.63, 3.8) is 0 Å². The molecule has 5 nitrogen and oxygen atoms in total. The molecule has 0 amide bonds. The van der Waals surface area contributed by atoms with E-state index < -0.39 is 0 Å². The van der Waals surface area contributed by atoms with Gasteiger partial charge in [-0.25, -0.2) is 9.13 Å². The van der Waals surface area contributed by atoms with Crippen LogP contribution < -0.4 is 9.30 Å². The fourth-order valence-electron chi connectivity index (χ4n) is 5.57. The van der Waals surface area contributed by atoms with Crippen molar-refractivity contribution >= 4 is 0 Å². The van der Waals surface area contributed by atoms with Crippen LogP contribution in [0.1, 0.15) is 57.2 Å². The number of hydrogen-bond acceptors (Lipinski definition) is 3. The second-order valence-electron chi connectivity index (χ2n) is 8.90. The number of aromatic nitrogens is 2. The first-order valence-corrected chi connectivity index (χ1v) is 11.9. The van der Waals surface area contributed by atoms with Crippen LogP contribution in [0.2, 0.25) is 0 Å². The summed E-state index contributed by atoms with van der Waals surface area (Å²) in [5, 5.41) is 0. The van der Waals surface area contributed by atoms with Crippen molar-refractivity contribution in [2.45, 2.75) is 70.1 Å². The molecular weight excluding hydrogens is 372 g/mol. The van der Waals surface area contributed by atoms with Gasteiger partial charge in [-0.3, -0.25) is 0 Å². The topological polar surface area (TPSA) is 24.5 Å². The molecular formula is C25H35N4O+. The fourth-order valence-corrected chi connectivity index (χ4v) is 5.57. The van der Waals surface area contributed by atoms with E-state index in [1.54, 1.807) is 0 Å². The van der Waals surface area contributed by atoms with Crippen LogP contribution in [0.3, 0.4) is 0 Å². The highest BCUT2D eigenvalue weighted by Crippen LogP contribution is 2.43. The van der Waals surface area contributed by atoms with Gasteiger partial charge in [-0.1, -0.05) is 37.5 Å². The predicted octanol–water partition coefficient (Wildman–Crippen LogP) is 4.24. The van der Waals surface area contributed by atoms with E-state index in [0.29, 0.717) is 0 Å². The SMILES string of the molecule is C1=CN2CCC[n+]3ccn4c3C2(CCCCCCCOc2ccccc2)N1CCC4. The lowest BCUT2D eigenvalue weighted by Gasteiger charge is -2.41. The minimum atomic E-state index is 0.0346. The summed E-state index contributed by atoms with van der Waals surface area (Å²) in [6, 6.07) is 10.2. The molecule has 160 valence electrons. The van der Waals surface area contributed by atoms with Gasteiger partial charge in [-0.15, -0.1) is 0 Å². The largest absolute Gasteiger partial charge is 0.494 e. The number of aryl methyl sites for hydroxylation is 2. The zero-order valence-corrected chi connectivity index (χ0v) is 18.1. The Labute approximate surface area is 180 Å². The van der Waals surface area contributed by atoms with Gasteiger partial charge in [0.2, 0.25) is 5.66 Å². The zero-order chi connectivity index (χ0) is 20.2. The smallest absolute Gasteiger partial charge is 0.304 e. The second-order valence-corrected chi connectivity index (χ2v) is 8.90. The van der Waals surface area contributed by atoms with Crippen LogP contribution in [-0.4, -0.2) is 34.1 Å². The van der Waals surface area contributed by atoms with Crippen molar-refractivity contribution in [3.8, 4) is 5.75 Å². The minimum Gasteiger partial charge on any atom is -0.494 e. The molecule has 0 saturated carbocycles. The van der Waals surface area contributed by atoms with Crippen molar-refractivity contribution in [1.29, 1.82) is 0 Å². The highest BCUT2D eigenvalue weighted by atomic mass is 16.5. The number of imidazole rings is 1. The van der Waals surface area contributed by atoms with Gasteiger partial charge in [0, 0.05) is 44.8 Å². The highest BCUT2D eigenvalue weighted by Gasteiger charge is 2.54. The van der Waals surface area contributed by atoms with Gasteiger partial charge < -0.3 is 14.5 Å². The predicted molar refractivity (Wildman–Crippen MR) is 118 cm³/mol. The summed E-state index contributed by atoms with van der Waals surface area (Å²) < 4.78 is 10.9. The molecule has 5 heteroatoms. The van der Waals surface area contributed by atoms with E-state index in [9.17, 15) is 0 Å². The number of benzene rings is 1. The van der Waals surface area contributed by atoms with Crippen LogP contribution in [0.15, 0.2) is 55.1 Å². The first-order chi connectivity index (χ1) is 14.9. The lowest BCUT2D eigenvalue weighted by atomic mass is 9.97. The molecule has 0 unspecified atom stereocenters. The summed E-state index contributed by atoms with van der Waals surface area (Å²) >= 11 is 0. The Morgan fingerprint density at radius 2 is 1.63 bits per heavy atom. The van der Waals surface area contributed by atoms with E-state index >= 15 is 0 Å². The quantitative estimate of drug-likeness (QED) is 0.459. The Morgan fingerprint density at radius 1 is 0.867 bits per heavy atom. The van der Waals surface area contributed by atoms with E-state index in [0.717, 1.165) is 45.0 Å². The molecule has 0 radical (unpaired) electrons. The van der Waals surface area contributed by atoms with Crippen molar-refractivity contribution in [1.82, 2.24) is 14.4 Å². The number of ether oxygens (including phenoxy) is 1. The third-order valence-corrected chi connectivity index (χ3v) is 6.98. The molecule has 0 aliphatic carbocycles. The van der Waals surface area contributed by atoms with Crippen LogP contribution in [-0.2, 0) is 18.8 Å². The molecule has 0 spiro atoms. The maximum Gasteiger partial charge on any atom is 0.304 e. The van der Waals surface area contributed by atoms with Gasteiger partial charge in [-0.2, -0.15) is 0 Å². The Hall–Kier alpha value is -2.43. The van der Waals surface area contributed by atoms with Gasteiger partial charge in [-0.05, 0) is 25.0 Å². The van der Waals surface area contributed by atoms with Crippen molar-refractivity contribution < 1.29 is 9.30 Å². The monoisotopic (exact) mass is 407 g/mol. The first kappa shape index (κ1) is 19.5. The van der Waals surface area contributed by atoms with Gasteiger partial charge in [0.05, 0.1) is 19.7 Å². The molecule has 0 saturated heterocycles. The molecule has 1 aromatic carbocycles. The molecule has 0 fully saturated rings. The summed E-state index contributed by atoms with van der Waals surface area (Å²) in [4.78, 5) is 5.28. The summed E-state index contributed by atoms with van der Waals surface area (Å²) in [6.07, 6.45) is 19.3. The number of para-hydroxylation sites is 1. The van der Waals surface area contributed by atoms with Crippen LogP contribution in [0.5, 0.6) is 5.75 Å². The molecule has 0 bridgehead atoms. The third-order valence-electron chi connectivity index (χ3n) is 6.98. The molecule has 4 heterocycles. The van der Waals surface area contributed by atoms with Gasteiger partial charge >= 0.3 is 5.82 Å². The summed E-state index contributed by atoms with van der Waals surface area (Å²) in [5.74, 6) is 2.50. The standard InChI is InChI=1S/C25H35N4O/c1(3-8-22-30-23-11-5-4-6-12-23)2-7-13-25-24-26-14-9-16-28(25)20-21-29(25)17-10-15-27(24)19-18-26/h4-6,11-12,18-21H,1-3,7-10,13-17,22H2/q+1. The van der Waals surface area contributed by atoms with Gasteiger partial charge in [0.1, 0.15) is 18.1 Å². The molecule has 1 aromatic heterocycles. The molecule has 0 N–H and O–H groups in total. The Kier molecular flexibility index (Phi) is 5.69. The van der Waals surface area contributed by atoms with E-state index in [2.05, 4.69) is 43.7 Å². The van der Waals surface area contributed by atoms with Crippen molar-refractivity contribution in [2.75, 3.05) is 19.7 Å². The van der Waals surface area contributed by atoms with Crippen molar-refractivity contribution in [2.24, 2.45) is 0 Å². The zero-order valence-electron chi connectivity index (χ0n) is 18.1.